The molecule has 0 bridgehead atoms. The zero-order valence-corrected chi connectivity index (χ0v) is 15.2. The first-order chi connectivity index (χ1) is 12.3. The quantitative estimate of drug-likeness (QED) is 0.818. The van der Waals surface area contributed by atoms with Gasteiger partial charge in [-0.1, -0.05) is 16.8 Å². The molecule has 0 unspecified atom stereocenters. The maximum absolute atomic E-state index is 5.97. The van der Waals surface area contributed by atoms with Gasteiger partial charge in [-0.05, 0) is 37.2 Å². The number of ether oxygens (including phenoxy) is 1. The lowest BCUT2D eigenvalue weighted by molar-refractivity contribution is 0.109. The molecule has 1 fully saturated rings. The number of hydrogen-bond donors (Lipinski definition) is 0. The first kappa shape index (κ1) is 16.9. The highest BCUT2D eigenvalue weighted by atomic mass is 35.5. The van der Waals surface area contributed by atoms with Crippen molar-refractivity contribution in [2.24, 2.45) is 0 Å². The molecule has 4 rings (SSSR count). The van der Waals surface area contributed by atoms with Gasteiger partial charge in [0.05, 0.1) is 18.9 Å². The summed E-state index contributed by atoms with van der Waals surface area (Å²) in [6.07, 6.45) is 2.93. The van der Waals surface area contributed by atoms with Gasteiger partial charge in [0.25, 0.3) is 0 Å². The van der Waals surface area contributed by atoms with Gasteiger partial charge in [-0.3, -0.25) is 4.90 Å². The largest absolute Gasteiger partial charge is 0.376 e. The molecule has 3 heterocycles. The molecule has 2 aliphatic rings. The predicted octanol–water partition coefficient (Wildman–Crippen LogP) is 3.16. The minimum Gasteiger partial charge on any atom is -0.376 e. The van der Waals surface area contributed by atoms with E-state index in [1.165, 1.54) is 11.3 Å². The van der Waals surface area contributed by atoms with E-state index in [1.54, 1.807) is 0 Å². The molecule has 25 heavy (non-hydrogen) atoms. The zero-order valence-electron chi connectivity index (χ0n) is 14.4. The van der Waals surface area contributed by atoms with Crippen molar-refractivity contribution in [1.82, 2.24) is 10.1 Å². The highest BCUT2D eigenvalue weighted by Gasteiger charge is 2.20. The molecule has 0 spiro atoms. The van der Waals surface area contributed by atoms with Crippen LogP contribution in [0.1, 0.15) is 23.4 Å². The summed E-state index contributed by atoms with van der Waals surface area (Å²) in [5.41, 5.74) is 3.55. The van der Waals surface area contributed by atoms with Crippen LogP contribution in [-0.2, 0) is 24.2 Å². The standard InChI is InChI=1S/C19H24ClN3O2/c20-15-3-5-16(6-4-15)23-11-9-22(10-12-23)8-1-2-19-17-14-24-13-7-18(17)21-25-19/h3-6H,1-2,7-14H2. The normalized spacial score (nSPS) is 18.4. The molecular weight excluding hydrogens is 338 g/mol. The zero-order chi connectivity index (χ0) is 17.1. The van der Waals surface area contributed by atoms with E-state index in [9.17, 15) is 0 Å². The minimum absolute atomic E-state index is 0.661. The highest BCUT2D eigenvalue weighted by Crippen LogP contribution is 2.22. The Morgan fingerprint density at radius 3 is 2.68 bits per heavy atom. The van der Waals surface area contributed by atoms with E-state index in [2.05, 4.69) is 27.1 Å². The third-order valence-electron chi connectivity index (χ3n) is 5.12. The lowest BCUT2D eigenvalue weighted by Crippen LogP contribution is -2.46. The van der Waals surface area contributed by atoms with Gasteiger partial charge in [0.1, 0.15) is 5.76 Å². The summed E-state index contributed by atoms with van der Waals surface area (Å²) in [5, 5.41) is 4.98. The highest BCUT2D eigenvalue weighted by molar-refractivity contribution is 6.30. The van der Waals surface area contributed by atoms with Crippen LogP contribution in [0.4, 0.5) is 5.69 Å². The Balaban J connectivity index is 1.23. The van der Waals surface area contributed by atoms with Crippen LogP contribution in [0.2, 0.25) is 5.02 Å². The van der Waals surface area contributed by atoms with Crippen molar-refractivity contribution < 1.29 is 9.26 Å². The molecule has 1 aromatic heterocycles. The van der Waals surface area contributed by atoms with E-state index >= 15 is 0 Å². The fourth-order valence-corrected chi connectivity index (χ4v) is 3.75. The van der Waals surface area contributed by atoms with Crippen LogP contribution in [0.5, 0.6) is 0 Å². The van der Waals surface area contributed by atoms with E-state index in [-0.39, 0.29) is 0 Å². The number of anilines is 1. The van der Waals surface area contributed by atoms with Gasteiger partial charge >= 0.3 is 0 Å². The van der Waals surface area contributed by atoms with Crippen LogP contribution in [0.15, 0.2) is 28.8 Å². The second-order valence-corrected chi connectivity index (χ2v) is 7.18. The molecule has 2 aromatic rings. The number of aryl methyl sites for hydroxylation is 1. The molecule has 1 saturated heterocycles. The van der Waals surface area contributed by atoms with Crippen molar-refractivity contribution in [3.05, 3.63) is 46.3 Å². The molecule has 0 saturated carbocycles. The number of nitrogens with zero attached hydrogens (tertiary/aromatic N) is 3. The Bertz CT molecular complexity index is 693. The molecular formula is C19H24ClN3O2. The van der Waals surface area contributed by atoms with Crippen molar-refractivity contribution in [2.75, 3.05) is 44.2 Å². The second kappa shape index (κ2) is 7.77. The summed E-state index contributed by atoms with van der Waals surface area (Å²) in [6, 6.07) is 8.14. The third kappa shape index (κ3) is 4.00. The fraction of sp³-hybridized carbons (Fsp3) is 0.526. The molecule has 0 aliphatic carbocycles. The van der Waals surface area contributed by atoms with Crippen molar-refractivity contribution in [2.45, 2.75) is 25.9 Å². The van der Waals surface area contributed by atoms with Gasteiger partial charge < -0.3 is 14.2 Å². The molecule has 5 nitrogen and oxygen atoms in total. The van der Waals surface area contributed by atoms with Crippen LogP contribution in [-0.4, -0.2) is 49.4 Å². The van der Waals surface area contributed by atoms with Gasteiger partial charge in [-0.15, -0.1) is 0 Å². The van der Waals surface area contributed by atoms with Crippen LogP contribution < -0.4 is 4.90 Å². The van der Waals surface area contributed by atoms with Crippen molar-refractivity contribution >= 4 is 17.3 Å². The Morgan fingerprint density at radius 1 is 1.08 bits per heavy atom. The molecule has 6 heteroatoms. The molecule has 134 valence electrons. The molecule has 1 aromatic carbocycles. The second-order valence-electron chi connectivity index (χ2n) is 6.74. The van der Waals surface area contributed by atoms with Crippen molar-refractivity contribution in [3.8, 4) is 0 Å². The van der Waals surface area contributed by atoms with E-state index in [4.69, 9.17) is 20.9 Å². The summed E-state index contributed by atoms with van der Waals surface area (Å²) in [4.78, 5) is 4.96. The Labute approximate surface area is 153 Å². The number of aromatic nitrogens is 1. The van der Waals surface area contributed by atoms with Gasteiger partial charge in [0, 0.05) is 55.3 Å². The van der Waals surface area contributed by atoms with E-state index in [1.807, 2.05) is 12.1 Å². The van der Waals surface area contributed by atoms with E-state index in [0.29, 0.717) is 6.61 Å². The van der Waals surface area contributed by atoms with Gasteiger partial charge in [-0.2, -0.15) is 0 Å². The number of fused-ring (bicyclic) bond motifs is 1. The van der Waals surface area contributed by atoms with Crippen molar-refractivity contribution in [3.63, 3.8) is 0 Å². The molecule has 0 N–H and O–H groups in total. The maximum Gasteiger partial charge on any atom is 0.142 e. The Kier molecular flexibility index (Phi) is 5.25. The van der Waals surface area contributed by atoms with E-state index < -0.39 is 0 Å². The summed E-state index contributed by atoms with van der Waals surface area (Å²) >= 11 is 5.97. The minimum atomic E-state index is 0.661. The lowest BCUT2D eigenvalue weighted by Gasteiger charge is -2.36. The molecule has 0 amide bonds. The lowest BCUT2D eigenvalue weighted by atomic mass is 10.1. The summed E-state index contributed by atoms with van der Waals surface area (Å²) in [7, 11) is 0. The first-order valence-electron chi connectivity index (χ1n) is 9.06. The third-order valence-corrected chi connectivity index (χ3v) is 5.37. The van der Waals surface area contributed by atoms with Gasteiger partial charge in [0.2, 0.25) is 0 Å². The monoisotopic (exact) mass is 361 g/mol. The number of hydrogen-bond acceptors (Lipinski definition) is 5. The van der Waals surface area contributed by atoms with Crippen LogP contribution in [0, 0.1) is 0 Å². The summed E-state index contributed by atoms with van der Waals surface area (Å²) in [5.74, 6) is 1.02. The molecule has 0 radical (unpaired) electrons. The van der Waals surface area contributed by atoms with Crippen LogP contribution >= 0.6 is 11.6 Å². The molecule has 0 atom stereocenters. The fourth-order valence-electron chi connectivity index (χ4n) is 3.63. The summed E-state index contributed by atoms with van der Waals surface area (Å²) < 4.78 is 11.1. The van der Waals surface area contributed by atoms with E-state index in [0.717, 1.165) is 75.1 Å². The number of benzene rings is 1. The number of piperazine rings is 1. The SMILES string of the molecule is Clc1ccc(N2CCN(CCCc3onc4c3COCC4)CC2)cc1. The van der Waals surface area contributed by atoms with Gasteiger partial charge in [0.15, 0.2) is 0 Å². The van der Waals surface area contributed by atoms with Crippen LogP contribution in [0.25, 0.3) is 0 Å². The van der Waals surface area contributed by atoms with Crippen molar-refractivity contribution in [1.29, 1.82) is 0 Å². The smallest absolute Gasteiger partial charge is 0.142 e. The average molecular weight is 362 g/mol. The van der Waals surface area contributed by atoms with Crippen LogP contribution in [0.3, 0.4) is 0 Å². The Morgan fingerprint density at radius 2 is 1.88 bits per heavy atom. The summed E-state index contributed by atoms with van der Waals surface area (Å²) in [6.45, 7) is 6.84. The van der Waals surface area contributed by atoms with Gasteiger partial charge in [-0.25, -0.2) is 0 Å². The number of rotatable bonds is 5. The Hall–Kier alpha value is -1.56. The topological polar surface area (TPSA) is 41.7 Å². The number of halogens is 1. The first-order valence-corrected chi connectivity index (χ1v) is 9.44. The molecule has 2 aliphatic heterocycles. The maximum atomic E-state index is 5.97. The predicted molar refractivity (Wildman–Crippen MR) is 98.3 cm³/mol. The average Bonchev–Trinajstić information content (AvgIpc) is 3.06.